The summed E-state index contributed by atoms with van der Waals surface area (Å²) in [6.45, 7) is 0. The zero-order valence-corrected chi connectivity index (χ0v) is 10.5. The van der Waals surface area contributed by atoms with E-state index in [0.717, 1.165) is 19.1 Å². The first-order valence-electron chi connectivity index (χ1n) is 5.30. The number of hydrogen-bond acceptors (Lipinski definition) is 5. The zero-order chi connectivity index (χ0) is 12.5. The van der Waals surface area contributed by atoms with E-state index < -0.39 is 10.0 Å². The summed E-state index contributed by atoms with van der Waals surface area (Å²) in [6.07, 6.45) is 3.44. The number of pyridine rings is 1. The molecule has 2 rings (SSSR count). The maximum atomic E-state index is 11.1. The first-order chi connectivity index (χ1) is 7.96. The molecule has 0 spiro atoms. The third-order valence-electron chi connectivity index (χ3n) is 2.17. The van der Waals surface area contributed by atoms with E-state index in [1.165, 1.54) is 0 Å². The molecule has 94 valence electrons. The van der Waals surface area contributed by atoms with E-state index in [1.807, 2.05) is 0 Å². The monoisotopic (exact) mass is 257 g/mol. The summed E-state index contributed by atoms with van der Waals surface area (Å²) in [5.74, 6) is 1.45. The van der Waals surface area contributed by atoms with Gasteiger partial charge in [-0.15, -0.1) is 0 Å². The molecular weight excluding hydrogens is 242 g/mol. The molecule has 0 bridgehead atoms. The molecule has 2 N–H and O–H groups in total. The van der Waals surface area contributed by atoms with Crippen molar-refractivity contribution in [3.63, 3.8) is 0 Å². The summed E-state index contributed by atoms with van der Waals surface area (Å²) >= 11 is 0. The van der Waals surface area contributed by atoms with E-state index >= 15 is 0 Å². The Morgan fingerprint density at radius 3 is 2.53 bits per heavy atom. The molecule has 1 aromatic heterocycles. The Morgan fingerprint density at radius 1 is 1.35 bits per heavy atom. The fraction of sp³-hybridized carbons (Fsp3) is 0.500. The molecule has 1 aliphatic carbocycles. The van der Waals surface area contributed by atoms with Crippen molar-refractivity contribution in [3.05, 3.63) is 12.1 Å². The van der Waals surface area contributed by atoms with Gasteiger partial charge in [0.1, 0.15) is 17.4 Å². The van der Waals surface area contributed by atoms with Crippen LogP contribution >= 0.6 is 0 Å². The van der Waals surface area contributed by atoms with Crippen LogP contribution in [0.1, 0.15) is 12.8 Å². The van der Waals surface area contributed by atoms with Crippen molar-refractivity contribution in [2.45, 2.75) is 18.9 Å². The van der Waals surface area contributed by atoms with E-state index in [1.54, 1.807) is 19.2 Å². The number of ether oxygens (including phenoxy) is 1. The van der Waals surface area contributed by atoms with Gasteiger partial charge in [0.05, 0.1) is 12.4 Å². The largest absolute Gasteiger partial charge is 0.490 e. The van der Waals surface area contributed by atoms with Gasteiger partial charge in [0.15, 0.2) is 0 Å². The van der Waals surface area contributed by atoms with Crippen molar-refractivity contribution < 1.29 is 13.2 Å². The van der Waals surface area contributed by atoms with Gasteiger partial charge < -0.3 is 10.1 Å². The molecule has 1 heterocycles. The molecule has 0 atom stereocenters. The van der Waals surface area contributed by atoms with Gasteiger partial charge in [0.2, 0.25) is 10.0 Å². The Labute approximate surface area is 100 Å². The van der Waals surface area contributed by atoms with Crippen molar-refractivity contribution in [1.29, 1.82) is 0 Å². The number of aromatic nitrogens is 1. The topological polar surface area (TPSA) is 80.3 Å². The van der Waals surface area contributed by atoms with E-state index in [-0.39, 0.29) is 11.9 Å². The zero-order valence-electron chi connectivity index (χ0n) is 9.73. The second kappa shape index (κ2) is 4.40. The Hall–Kier alpha value is -1.50. The Kier molecular flexibility index (Phi) is 3.10. The highest BCUT2D eigenvalue weighted by Gasteiger charge is 2.24. The molecule has 0 aliphatic heterocycles. The molecule has 0 saturated heterocycles. The van der Waals surface area contributed by atoms with Crippen LogP contribution in [-0.2, 0) is 10.0 Å². The lowest BCUT2D eigenvalue weighted by Gasteiger charge is -2.10. The van der Waals surface area contributed by atoms with Crippen molar-refractivity contribution in [1.82, 2.24) is 4.98 Å². The summed E-state index contributed by atoms with van der Waals surface area (Å²) in [5.41, 5.74) is 0. The van der Waals surface area contributed by atoms with Crippen LogP contribution in [-0.4, -0.2) is 32.8 Å². The summed E-state index contributed by atoms with van der Waals surface area (Å²) in [4.78, 5) is 4.08. The molecule has 1 saturated carbocycles. The molecule has 0 aromatic carbocycles. The van der Waals surface area contributed by atoms with Gasteiger partial charge in [0.25, 0.3) is 0 Å². The number of rotatable bonds is 5. The summed E-state index contributed by atoms with van der Waals surface area (Å²) in [6, 6.07) is 3.33. The van der Waals surface area contributed by atoms with Gasteiger partial charge in [-0.2, -0.15) is 0 Å². The summed E-state index contributed by atoms with van der Waals surface area (Å²) in [5, 5.41) is 2.86. The van der Waals surface area contributed by atoms with Gasteiger partial charge in [-0.3, -0.25) is 4.72 Å². The Balaban J connectivity index is 2.24. The first kappa shape index (κ1) is 12.0. The Morgan fingerprint density at radius 2 is 2.00 bits per heavy atom. The van der Waals surface area contributed by atoms with E-state index in [0.29, 0.717) is 11.6 Å². The van der Waals surface area contributed by atoms with Gasteiger partial charge in [0, 0.05) is 19.2 Å². The minimum Gasteiger partial charge on any atom is -0.490 e. The van der Waals surface area contributed by atoms with Crippen molar-refractivity contribution >= 4 is 21.7 Å². The lowest BCUT2D eigenvalue weighted by molar-refractivity contribution is 0.303. The van der Waals surface area contributed by atoms with Gasteiger partial charge in [-0.1, -0.05) is 0 Å². The lowest BCUT2D eigenvalue weighted by Crippen LogP contribution is -2.11. The molecule has 1 fully saturated rings. The molecule has 0 unspecified atom stereocenters. The maximum Gasteiger partial charge on any atom is 0.230 e. The third-order valence-corrected chi connectivity index (χ3v) is 2.75. The van der Waals surface area contributed by atoms with Crippen LogP contribution in [0.4, 0.5) is 11.6 Å². The van der Waals surface area contributed by atoms with Gasteiger partial charge in [-0.05, 0) is 12.8 Å². The minimum atomic E-state index is -3.33. The number of anilines is 2. The predicted octanol–water partition coefficient (Wildman–Crippen LogP) is 1.04. The molecule has 17 heavy (non-hydrogen) atoms. The normalized spacial score (nSPS) is 15.4. The van der Waals surface area contributed by atoms with Crippen molar-refractivity contribution in [2.24, 2.45) is 0 Å². The summed E-state index contributed by atoms with van der Waals surface area (Å²) < 4.78 is 30.2. The SMILES string of the molecule is CNc1cc(OC2CC2)cc(NS(C)(=O)=O)n1. The smallest absolute Gasteiger partial charge is 0.230 e. The molecule has 0 radical (unpaired) electrons. The summed E-state index contributed by atoms with van der Waals surface area (Å²) in [7, 11) is -1.61. The van der Waals surface area contributed by atoms with E-state index in [2.05, 4.69) is 15.0 Å². The van der Waals surface area contributed by atoms with Gasteiger partial charge >= 0.3 is 0 Å². The van der Waals surface area contributed by atoms with Crippen molar-refractivity contribution in [3.8, 4) is 5.75 Å². The second-order valence-corrected chi connectivity index (χ2v) is 5.76. The lowest BCUT2D eigenvalue weighted by atomic mass is 10.4. The number of sulfonamides is 1. The maximum absolute atomic E-state index is 11.1. The number of nitrogens with one attached hydrogen (secondary N) is 2. The van der Waals surface area contributed by atoms with E-state index in [9.17, 15) is 8.42 Å². The van der Waals surface area contributed by atoms with Crippen molar-refractivity contribution in [2.75, 3.05) is 23.3 Å². The third kappa shape index (κ3) is 3.77. The molecule has 1 aromatic rings. The highest BCUT2D eigenvalue weighted by atomic mass is 32.2. The van der Waals surface area contributed by atoms with Crippen LogP contribution in [0, 0.1) is 0 Å². The standard InChI is InChI=1S/C10H15N3O3S/c1-11-9-5-8(16-7-3-4-7)6-10(12-9)13-17(2,14)15/h5-7H,3-4H2,1-2H3,(H2,11,12,13). The van der Waals surface area contributed by atoms with Crippen LogP contribution in [0.5, 0.6) is 5.75 Å². The molecule has 0 amide bonds. The Bertz CT molecular complexity index is 512. The molecule has 1 aliphatic rings. The second-order valence-electron chi connectivity index (χ2n) is 4.01. The highest BCUT2D eigenvalue weighted by Crippen LogP contribution is 2.29. The van der Waals surface area contributed by atoms with Crippen LogP contribution in [0.25, 0.3) is 0 Å². The number of nitrogens with zero attached hydrogens (tertiary/aromatic N) is 1. The molecular formula is C10H15N3O3S. The quantitative estimate of drug-likeness (QED) is 0.823. The highest BCUT2D eigenvalue weighted by molar-refractivity contribution is 7.92. The fourth-order valence-electron chi connectivity index (χ4n) is 1.32. The fourth-order valence-corrected chi connectivity index (χ4v) is 1.81. The average Bonchev–Trinajstić information content (AvgIpc) is 2.98. The molecule has 6 nitrogen and oxygen atoms in total. The van der Waals surface area contributed by atoms with Gasteiger partial charge in [-0.25, -0.2) is 13.4 Å². The van der Waals surface area contributed by atoms with E-state index in [4.69, 9.17) is 4.74 Å². The molecule has 7 heteroatoms. The first-order valence-corrected chi connectivity index (χ1v) is 7.20. The number of hydrogen-bond donors (Lipinski definition) is 2. The van der Waals surface area contributed by atoms with Crippen LogP contribution in [0.15, 0.2) is 12.1 Å². The minimum absolute atomic E-state index is 0.258. The van der Waals surface area contributed by atoms with Crippen LogP contribution in [0.3, 0.4) is 0 Å². The predicted molar refractivity (Wildman–Crippen MR) is 65.9 cm³/mol. The average molecular weight is 257 g/mol. The van der Waals surface area contributed by atoms with Crippen LogP contribution < -0.4 is 14.8 Å². The van der Waals surface area contributed by atoms with Crippen LogP contribution in [0.2, 0.25) is 0 Å².